The second kappa shape index (κ2) is 4.82. The van der Waals surface area contributed by atoms with Gasteiger partial charge in [0.25, 0.3) is 0 Å². The van der Waals surface area contributed by atoms with Gasteiger partial charge in [0.05, 0.1) is 0 Å². The molecule has 0 amide bonds. The van der Waals surface area contributed by atoms with Gasteiger partial charge in [-0.05, 0) is 30.5 Å². The molecular weight excluding hydrogens is 257 g/mol. The molecule has 0 aliphatic carbocycles. The van der Waals surface area contributed by atoms with E-state index >= 15 is 0 Å². The van der Waals surface area contributed by atoms with Crippen molar-refractivity contribution in [3.8, 4) is 0 Å². The molecule has 0 aliphatic rings. The first kappa shape index (κ1) is 11.6. The Morgan fingerprint density at radius 1 is 1.21 bits per heavy atom. The van der Waals surface area contributed by atoms with Crippen molar-refractivity contribution in [1.82, 2.24) is 0 Å². The SMILES string of the molecule is FC(F)(F)CCCc1cccc(Br)c1. The highest BCUT2D eigenvalue weighted by Crippen LogP contribution is 2.23. The Kier molecular flexibility index (Phi) is 3.98. The summed E-state index contributed by atoms with van der Waals surface area (Å²) in [7, 11) is 0. The van der Waals surface area contributed by atoms with Crippen molar-refractivity contribution in [3.63, 3.8) is 0 Å². The fourth-order valence-electron chi connectivity index (χ4n) is 1.19. The van der Waals surface area contributed by atoms with Crippen molar-refractivity contribution in [2.45, 2.75) is 25.4 Å². The van der Waals surface area contributed by atoms with Crippen molar-refractivity contribution in [2.75, 3.05) is 0 Å². The molecule has 1 rings (SSSR count). The van der Waals surface area contributed by atoms with Crippen LogP contribution < -0.4 is 0 Å². The van der Waals surface area contributed by atoms with Crippen LogP contribution in [-0.4, -0.2) is 6.18 Å². The van der Waals surface area contributed by atoms with Gasteiger partial charge in [0.2, 0.25) is 0 Å². The van der Waals surface area contributed by atoms with Crippen molar-refractivity contribution in [3.05, 3.63) is 34.3 Å². The van der Waals surface area contributed by atoms with Gasteiger partial charge in [-0.3, -0.25) is 0 Å². The number of alkyl halides is 3. The maximum absolute atomic E-state index is 11.8. The molecule has 0 radical (unpaired) electrons. The van der Waals surface area contributed by atoms with Crippen molar-refractivity contribution < 1.29 is 13.2 Å². The molecule has 0 nitrogen and oxygen atoms in total. The first-order chi connectivity index (χ1) is 6.47. The first-order valence-corrected chi connectivity index (χ1v) is 5.08. The zero-order valence-electron chi connectivity index (χ0n) is 7.44. The monoisotopic (exact) mass is 266 g/mol. The molecule has 0 saturated carbocycles. The smallest absolute Gasteiger partial charge is 0.171 e. The van der Waals surface area contributed by atoms with E-state index in [1.54, 1.807) is 0 Å². The van der Waals surface area contributed by atoms with Crippen molar-refractivity contribution >= 4 is 15.9 Å². The second-order valence-electron chi connectivity index (χ2n) is 3.10. The third kappa shape index (κ3) is 4.65. The van der Waals surface area contributed by atoms with E-state index in [0.29, 0.717) is 6.42 Å². The van der Waals surface area contributed by atoms with E-state index in [2.05, 4.69) is 15.9 Å². The van der Waals surface area contributed by atoms with Crippen LogP contribution in [0.5, 0.6) is 0 Å². The lowest BCUT2D eigenvalue weighted by Crippen LogP contribution is -2.07. The lowest BCUT2D eigenvalue weighted by molar-refractivity contribution is -0.135. The third-order valence-corrected chi connectivity index (χ3v) is 2.31. The summed E-state index contributed by atoms with van der Waals surface area (Å²) < 4.78 is 36.4. The summed E-state index contributed by atoms with van der Waals surface area (Å²) in [5.41, 5.74) is 0.934. The number of halogens is 4. The fourth-order valence-corrected chi connectivity index (χ4v) is 1.63. The third-order valence-electron chi connectivity index (χ3n) is 1.81. The van der Waals surface area contributed by atoms with Gasteiger partial charge in [0.1, 0.15) is 0 Å². The lowest BCUT2D eigenvalue weighted by atomic mass is 10.1. The molecule has 0 atom stereocenters. The Bertz CT molecular complexity index is 294. The van der Waals surface area contributed by atoms with Crippen LogP contribution in [0.15, 0.2) is 28.7 Å². The van der Waals surface area contributed by atoms with Gasteiger partial charge >= 0.3 is 6.18 Å². The topological polar surface area (TPSA) is 0 Å². The van der Waals surface area contributed by atoms with E-state index in [9.17, 15) is 13.2 Å². The lowest BCUT2D eigenvalue weighted by Gasteiger charge is -2.05. The van der Waals surface area contributed by atoms with Crippen LogP contribution in [0.25, 0.3) is 0 Å². The summed E-state index contributed by atoms with van der Waals surface area (Å²) >= 11 is 3.27. The summed E-state index contributed by atoms with van der Waals surface area (Å²) in [5, 5.41) is 0. The van der Waals surface area contributed by atoms with Gasteiger partial charge in [-0.25, -0.2) is 0 Å². The van der Waals surface area contributed by atoms with Crippen molar-refractivity contribution in [1.29, 1.82) is 0 Å². The van der Waals surface area contributed by atoms with E-state index in [1.807, 2.05) is 24.3 Å². The number of hydrogen-bond donors (Lipinski definition) is 0. The minimum absolute atomic E-state index is 0.153. The summed E-state index contributed by atoms with van der Waals surface area (Å²) in [5.74, 6) is 0. The minimum atomic E-state index is -4.04. The molecule has 0 heterocycles. The van der Waals surface area contributed by atoms with E-state index in [0.717, 1.165) is 10.0 Å². The Morgan fingerprint density at radius 3 is 2.50 bits per heavy atom. The first-order valence-electron chi connectivity index (χ1n) is 4.28. The molecule has 0 unspecified atom stereocenters. The molecule has 1 aromatic rings. The maximum atomic E-state index is 11.8. The predicted octanol–water partition coefficient (Wildman–Crippen LogP) is 4.33. The predicted molar refractivity (Wildman–Crippen MR) is 53.1 cm³/mol. The molecule has 0 saturated heterocycles. The molecule has 78 valence electrons. The molecule has 0 aliphatic heterocycles. The molecule has 0 fully saturated rings. The quantitative estimate of drug-likeness (QED) is 0.764. The van der Waals surface area contributed by atoms with Crippen LogP contribution in [0.4, 0.5) is 13.2 Å². The van der Waals surface area contributed by atoms with Gasteiger partial charge in [-0.2, -0.15) is 13.2 Å². The van der Waals surface area contributed by atoms with Gasteiger partial charge in [-0.15, -0.1) is 0 Å². The molecule has 0 spiro atoms. The highest BCUT2D eigenvalue weighted by molar-refractivity contribution is 9.10. The fraction of sp³-hybridized carbons (Fsp3) is 0.400. The van der Waals surface area contributed by atoms with Crippen LogP contribution in [0.3, 0.4) is 0 Å². The second-order valence-corrected chi connectivity index (χ2v) is 4.01. The van der Waals surface area contributed by atoms with E-state index in [4.69, 9.17) is 0 Å². The maximum Gasteiger partial charge on any atom is 0.389 e. The average molecular weight is 267 g/mol. The average Bonchev–Trinajstić information content (AvgIpc) is 2.01. The molecule has 0 bridgehead atoms. The number of aryl methyl sites for hydroxylation is 1. The van der Waals surface area contributed by atoms with Crippen LogP contribution in [0.2, 0.25) is 0 Å². The van der Waals surface area contributed by atoms with Crippen molar-refractivity contribution in [2.24, 2.45) is 0 Å². The van der Waals surface area contributed by atoms with Crippen LogP contribution in [0, 0.1) is 0 Å². The number of rotatable bonds is 3. The Balaban J connectivity index is 2.39. The minimum Gasteiger partial charge on any atom is -0.171 e. The summed E-state index contributed by atoms with van der Waals surface area (Å²) in [4.78, 5) is 0. The highest BCUT2D eigenvalue weighted by atomic mass is 79.9. The summed E-state index contributed by atoms with van der Waals surface area (Å²) in [6.07, 6.45) is -4.12. The summed E-state index contributed by atoms with van der Waals surface area (Å²) in [6, 6.07) is 7.36. The Morgan fingerprint density at radius 2 is 1.93 bits per heavy atom. The van der Waals surface area contributed by atoms with Gasteiger partial charge in [0.15, 0.2) is 0 Å². The molecular formula is C10H10BrF3. The van der Waals surface area contributed by atoms with Crippen LogP contribution in [-0.2, 0) is 6.42 Å². The van der Waals surface area contributed by atoms with E-state index in [1.165, 1.54) is 0 Å². The molecule has 14 heavy (non-hydrogen) atoms. The molecule has 0 aromatic heterocycles. The normalized spacial score (nSPS) is 11.7. The highest BCUT2D eigenvalue weighted by Gasteiger charge is 2.25. The number of hydrogen-bond acceptors (Lipinski definition) is 0. The van der Waals surface area contributed by atoms with Gasteiger partial charge in [-0.1, -0.05) is 28.1 Å². The van der Waals surface area contributed by atoms with Gasteiger partial charge < -0.3 is 0 Å². The standard InChI is InChI=1S/C10H10BrF3/c11-9-5-1-3-8(7-9)4-2-6-10(12,13)14/h1,3,5,7H,2,4,6H2. The number of benzene rings is 1. The zero-order chi connectivity index (χ0) is 10.6. The van der Waals surface area contributed by atoms with E-state index < -0.39 is 12.6 Å². The molecule has 0 N–H and O–H groups in total. The van der Waals surface area contributed by atoms with E-state index in [-0.39, 0.29) is 6.42 Å². The van der Waals surface area contributed by atoms with Gasteiger partial charge in [0, 0.05) is 10.9 Å². The van der Waals surface area contributed by atoms with Crippen LogP contribution in [0.1, 0.15) is 18.4 Å². The molecule has 4 heteroatoms. The van der Waals surface area contributed by atoms with Crippen LogP contribution >= 0.6 is 15.9 Å². The summed E-state index contributed by atoms with van der Waals surface area (Å²) in [6.45, 7) is 0. The molecule has 1 aromatic carbocycles. The largest absolute Gasteiger partial charge is 0.389 e. The zero-order valence-corrected chi connectivity index (χ0v) is 9.03. The Hall–Kier alpha value is -0.510. The Labute approximate surface area is 89.3 Å².